The van der Waals surface area contributed by atoms with Crippen molar-refractivity contribution in [2.75, 3.05) is 18.5 Å². The minimum atomic E-state index is -1.13. The molecule has 1 unspecified atom stereocenters. The molecule has 0 amide bonds. The van der Waals surface area contributed by atoms with E-state index in [0.29, 0.717) is 6.54 Å². The zero-order chi connectivity index (χ0) is 15.1. The van der Waals surface area contributed by atoms with Crippen LogP contribution in [-0.4, -0.2) is 34.3 Å². The van der Waals surface area contributed by atoms with Crippen LogP contribution in [0.5, 0.6) is 0 Å². The number of nitro groups is 1. The minimum Gasteiger partial charge on any atom is -0.478 e. The van der Waals surface area contributed by atoms with Gasteiger partial charge in [0, 0.05) is 19.2 Å². The van der Waals surface area contributed by atoms with E-state index in [1.807, 2.05) is 6.92 Å². The number of rotatable bonds is 8. The summed E-state index contributed by atoms with van der Waals surface area (Å²) in [5.41, 5.74) is 0.0542. The Balaban J connectivity index is 2.73. The van der Waals surface area contributed by atoms with Crippen LogP contribution in [0.1, 0.15) is 30.1 Å². The first-order valence-corrected chi connectivity index (χ1v) is 6.32. The number of carboxylic acid groups (broad SMARTS) is 1. The number of anilines is 1. The summed E-state index contributed by atoms with van der Waals surface area (Å²) in [6.07, 6.45) is 1.52. The Morgan fingerprint density at radius 2 is 2.20 bits per heavy atom. The molecule has 20 heavy (non-hydrogen) atoms. The molecule has 0 aliphatic rings. The number of benzene rings is 1. The van der Waals surface area contributed by atoms with Crippen LogP contribution in [0.15, 0.2) is 18.2 Å². The van der Waals surface area contributed by atoms with Crippen molar-refractivity contribution >= 4 is 17.3 Å². The molecule has 0 saturated heterocycles. The van der Waals surface area contributed by atoms with Crippen molar-refractivity contribution < 1.29 is 19.9 Å². The fraction of sp³-hybridized carbons (Fsp3) is 0.462. The predicted molar refractivity (Wildman–Crippen MR) is 74.0 cm³/mol. The molecule has 7 heteroatoms. The lowest BCUT2D eigenvalue weighted by Crippen LogP contribution is -2.09. The SMILES string of the molecule is CC(CO)CCCNc1cc(C(=O)O)ccc1[N+](=O)[O-]. The van der Waals surface area contributed by atoms with Gasteiger partial charge in [-0.3, -0.25) is 10.1 Å². The summed E-state index contributed by atoms with van der Waals surface area (Å²) in [4.78, 5) is 21.2. The van der Waals surface area contributed by atoms with E-state index in [-0.39, 0.29) is 29.5 Å². The topological polar surface area (TPSA) is 113 Å². The van der Waals surface area contributed by atoms with Crippen LogP contribution in [0.2, 0.25) is 0 Å². The summed E-state index contributed by atoms with van der Waals surface area (Å²) in [6.45, 7) is 2.50. The van der Waals surface area contributed by atoms with Gasteiger partial charge in [0.25, 0.3) is 5.69 Å². The highest BCUT2D eigenvalue weighted by atomic mass is 16.6. The molecule has 0 spiro atoms. The second-order valence-corrected chi connectivity index (χ2v) is 4.65. The van der Waals surface area contributed by atoms with Crippen molar-refractivity contribution in [3.05, 3.63) is 33.9 Å². The number of carboxylic acids is 1. The summed E-state index contributed by atoms with van der Waals surface area (Å²) in [6, 6.07) is 3.65. The van der Waals surface area contributed by atoms with E-state index >= 15 is 0 Å². The van der Waals surface area contributed by atoms with E-state index in [0.717, 1.165) is 12.8 Å². The second kappa shape index (κ2) is 7.44. The Morgan fingerprint density at radius 1 is 1.50 bits per heavy atom. The predicted octanol–water partition coefficient (Wildman–Crippen LogP) is 2.11. The molecule has 0 aliphatic heterocycles. The third kappa shape index (κ3) is 4.51. The maximum absolute atomic E-state index is 10.9. The first-order valence-electron chi connectivity index (χ1n) is 6.32. The molecule has 1 rings (SSSR count). The van der Waals surface area contributed by atoms with E-state index in [2.05, 4.69) is 5.32 Å². The van der Waals surface area contributed by atoms with E-state index in [4.69, 9.17) is 10.2 Å². The van der Waals surface area contributed by atoms with Gasteiger partial charge < -0.3 is 15.5 Å². The van der Waals surface area contributed by atoms with Crippen LogP contribution in [0.3, 0.4) is 0 Å². The summed E-state index contributed by atoms with van der Waals surface area (Å²) in [5, 5.41) is 31.5. The first kappa shape index (κ1) is 15.9. The van der Waals surface area contributed by atoms with Crippen LogP contribution in [-0.2, 0) is 0 Å². The van der Waals surface area contributed by atoms with Crippen molar-refractivity contribution in [3.8, 4) is 0 Å². The number of nitrogens with zero attached hydrogens (tertiary/aromatic N) is 1. The molecule has 1 aromatic rings. The number of nitrogens with one attached hydrogen (secondary N) is 1. The van der Waals surface area contributed by atoms with Gasteiger partial charge in [-0.1, -0.05) is 6.92 Å². The van der Waals surface area contributed by atoms with E-state index in [1.165, 1.54) is 18.2 Å². The molecule has 7 nitrogen and oxygen atoms in total. The minimum absolute atomic E-state index is 0.00169. The van der Waals surface area contributed by atoms with Crippen LogP contribution in [0.25, 0.3) is 0 Å². The van der Waals surface area contributed by atoms with Crippen molar-refractivity contribution in [2.45, 2.75) is 19.8 Å². The maximum atomic E-state index is 10.9. The number of aromatic carboxylic acids is 1. The molecular formula is C13H18N2O5. The summed E-state index contributed by atoms with van der Waals surface area (Å²) < 4.78 is 0. The Morgan fingerprint density at radius 3 is 2.75 bits per heavy atom. The van der Waals surface area contributed by atoms with Gasteiger partial charge in [0.15, 0.2) is 0 Å². The highest BCUT2D eigenvalue weighted by Crippen LogP contribution is 2.25. The van der Waals surface area contributed by atoms with Crippen LogP contribution in [0, 0.1) is 16.0 Å². The molecule has 0 aromatic heterocycles. The van der Waals surface area contributed by atoms with E-state index in [9.17, 15) is 14.9 Å². The smallest absolute Gasteiger partial charge is 0.335 e. The quantitative estimate of drug-likeness (QED) is 0.382. The monoisotopic (exact) mass is 282 g/mol. The summed E-state index contributed by atoms with van der Waals surface area (Å²) >= 11 is 0. The fourth-order valence-corrected chi connectivity index (χ4v) is 1.73. The molecular weight excluding hydrogens is 264 g/mol. The Bertz CT molecular complexity index is 490. The van der Waals surface area contributed by atoms with Crippen LogP contribution < -0.4 is 5.32 Å². The Kier molecular flexibility index (Phi) is 5.92. The number of aliphatic hydroxyl groups is 1. The van der Waals surface area contributed by atoms with E-state index in [1.54, 1.807) is 0 Å². The summed E-state index contributed by atoms with van der Waals surface area (Å²) in [5.74, 6) is -0.950. The zero-order valence-corrected chi connectivity index (χ0v) is 11.2. The largest absolute Gasteiger partial charge is 0.478 e. The van der Waals surface area contributed by atoms with Crippen molar-refractivity contribution in [1.82, 2.24) is 0 Å². The lowest BCUT2D eigenvalue weighted by molar-refractivity contribution is -0.384. The van der Waals surface area contributed by atoms with Crippen molar-refractivity contribution in [1.29, 1.82) is 0 Å². The molecule has 0 bridgehead atoms. The molecule has 1 aromatic carbocycles. The molecule has 0 saturated carbocycles. The molecule has 0 heterocycles. The number of carbonyl (C=O) groups is 1. The average molecular weight is 282 g/mol. The van der Waals surface area contributed by atoms with E-state index < -0.39 is 10.9 Å². The molecule has 3 N–H and O–H groups in total. The average Bonchev–Trinajstić information content (AvgIpc) is 2.42. The number of aliphatic hydroxyl groups excluding tert-OH is 1. The third-order valence-corrected chi connectivity index (χ3v) is 2.94. The molecule has 1 atom stereocenters. The van der Waals surface area contributed by atoms with Crippen LogP contribution >= 0.6 is 0 Å². The summed E-state index contributed by atoms with van der Waals surface area (Å²) in [7, 11) is 0. The normalized spacial score (nSPS) is 11.9. The van der Waals surface area contributed by atoms with Crippen molar-refractivity contribution in [2.24, 2.45) is 5.92 Å². The number of hydrogen-bond acceptors (Lipinski definition) is 5. The molecule has 0 aliphatic carbocycles. The van der Waals surface area contributed by atoms with Gasteiger partial charge in [-0.25, -0.2) is 4.79 Å². The second-order valence-electron chi connectivity index (χ2n) is 4.65. The molecule has 110 valence electrons. The lowest BCUT2D eigenvalue weighted by atomic mass is 10.1. The fourth-order valence-electron chi connectivity index (χ4n) is 1.73. The van der Waals surface area contributed by atoms with Gasteiger partial charge in [0.05, 0.1) is 10.5 Å². The van der Waals surface area contributed by atoms with Gasteiger partial charge in [-0.15, -0.1) is 0 Å². The van der Waals surface area contributed by atoms with Crippen molar-refractivity contribution in [3.63, 3.8) is 0 Å². The number of nitro benzene ring substituents is 1. The van der Waals surface area contributed by atoms with Crippen LogP contribution in [0.4, 0.5) is 11.4 Å². The van der Waals surface area contributed by atoms with Gasteiger partial charge in [0.2, 0.25) is 0 Å². The Hall–Kier alpha value is -2.15. The number of hydrogen-bond donors (Lipinski definition) is 3. The lowest BCUT2D eigenvalue weighted by Gasteiger charge is -2.10. The zero-order valence-electron chi connectivity index (χ0n) is 11.2. The van der Waals surface area contributed by atoms with Gasteiger partial charge in [-0.2, -0.15) is 0 Å². The highest BCUT2D eigenvalue weighted by molar-refractivity contribution is 5.90. The van der Waals surface area contributed by atoms with Gasteiger partial charge in [-0.05, 0) is 30.9 Å². The standard InChI is InChI=1S/C13H18N2O5/c1-9(8-16)3-2-6-14-11-7-10(13(17)18)4-5-12(11)15(19)20/h4-5,7,9,14,16H,2-3,6,8H2,1H3,(H,17,18). The van der Waals surface area contributed by atoms with Gasteiger partial charge >= 0.3 is 5.97 Å². The molecule has 0 fully saturated rings. The third-order valence-electron chi connectivity index (χ3n) is 2.94. The maximum Gasteiger partial charge on any atom is 0.335 e. The highest BCUT2D eigenvalue weighted by Gasteiger charge is 2.16. The molecule has 0 radical (unpaired) electrons. The van der Waals surface area contributed by atoms with Gasteiger partial charge in [0.1, 0.15) is 5.69 Å². The first-order chi connectivity index (χ1) is 9.45. The Labute approximate surface area is 116 Å².